The molecule has 21 heavy (non-hydrogen) atoms. The van der Waals surface area contributed by atoms with Crippen LogP contribution < -0.4 is 5.32 Å². The quantitative estimate of drug-likeness (QED) is 0.928. The number of hydrogen-bond donors (Lipinski definition) is 1. The second-order valence-electron chi connectivity index (χ2n) is 6.30. The Bertz CT molecular complexity index is 597. The van der Waals surface area contributed by atoms with E-state index in [1.54, 1.807) is 12.4 Å². The van der Waals surface area contributed by atoms with Gasteiger partial charge in [-0.15, -0.1) is 0 Å². The van der Waals surface area contributed by atoms with Crippen LogP contribution >= 0.6 is 0 Å². The first kappa shape index (κ1) is 15.2. The topological polar surface area (TPSA) is 42.0 Å². The summed E-state index contributed by atoms with van der Waals surface area (Å²) in [6.45, 7) is 8.45. The number of nitrogens with zero attached hydrogens (tertiary/aromatic N) is 1. The first-order valence-corrected chi connectivity index (χ1v) is 7.19. The largest absolute Gasteiger partial charge is 0.346 e. The molecule has 3 heteroatoms. The van der Waals surface area contributed by atoms with Gasteiger partial charge < -0.3 is 5.32 Å². The number of benzene rings is 1. The Morgan fingerprint density at radius 1 is 1.05 bits per heavy atom. The summed E-state index contributed by atoms with van der Waals surface area (Å²) in [5.41, 5.74) is 3.05. The van der Waals surface area contributed by atoms with E-state index in [9.17, 15) is 4.79 Å². The number of hydrogen-bond acceptors (Lipinski definition) is 2. The van der Waals surface area contributed by atoms with Crippen LogP contribution in [-0.4, -0.2) is 10.9 Å². The molecule has 0 saturated heterocycles. The fourth-order valence-corrected chi connectivity index (χ4v) is 2.14. The van der Waals surface area contributed by atoms with Crippen LogP contribution in [0, 0.1) is 0 Å². The number of amides is 1. The summed E-state index contributed by atoms with van der Waals surface area (Å²) < 4.78 is 0. The summed E-state index contributed by atoms with van der Waals surface area (Å²) in [6, 6.07) is 11.6. The van der Waals surface area contributed by atoms with Crippen molar-refractivity contribution in [2.75, 3.05) is 0 Å². The molecule has 1 heterocycles. The highest BCUT2D eigenvalue weighted by molar-refractivity contribution is 5.94. The zero-order valence-corrected chi connectivity index (χ0v) is 13.1. The Balaban J connectivity index is 2.07. The van der Waals surface area contributed by atoms with Gasteiger partial charge in [0.2, 0.25) is 0 Å². The second kappa shape index (κ2) is 6.08. The van der Waals surface area contributed by atoms with Crippen LogP contribution in [0.1, 0.15) is 55.2 Å². The number of pyridine rings is 1. The lowest BCUT2D eigenvalue weighted by Gasteiger charge is -2.19. The summed E-state index contributed by atoms with van der Waals surface area (Å²) in [4.78, 5) is 16.2. The van der Waals surface area contributed by atoms with Gasteiger partial charge in [-0.25, -0.2) is 0 Å². The van der Waals surface area contributed by atoms with E-state index in [1.165, 1.54) is 5.56 Å². The van der Waals surface area contributed by atoms with E-state index in [0.717, 1.165) is 5.56 Å². The van der Waals surface area contributed by atoms with Crippen molar-refractivity contribution < 1.29 is 4.79 Å². The zero-order valence-electron chi connectivity index (χ0n) is 13.1. The van der Waals surface area contributed by atoms with Gasteiger partial charge in [0.25, 0.3) is 5.91 Å². The van der Waals surface area contributed by atoms with E-state index in [1.807, 2.05) is 43.3 Å². The minimum atomic E-state index is -0.0558. The van der Waals surface area contributed by atoms with Crippen LogP contribution in [0.25, 0.3) is 0 Å². The lowest BCUT2D eigenvalue weighted by molar-refractivity contribution is 0.0940. The van der Waals surface area contributed by atoms with Crippen molar-refractivity contribution >= 4 is 5.91 Å². The summed E-state index contributed by atoms with van der Waals surface area (Å²) in [5.74, 6) is -0.0558. The second-order valence-corrected chi connectivity index (χ2v) is 6.30. The molecule has 0 spiro atoms. The van der Waals surface area contributed by atoms with Crippen LogP contribution in [-0.2, 0) is 5.41 Å². The molecule has 1 N–H and O–H groups in total. The third-order valence-electron chi connectivity index (χ3n) is 3.57. The van der Waals surface area contributed by atoms with Crippen molar-refractivity contribution in [2.24, 2.45) is 0 Å². The first-order valence-electron chi connectivity index (χ1n) is 7.19. The van der Waals surface area contributed by atoms with Crippen LogP contribution in [0.15, 0.2) is 48.8 Å². The van der Waals surface area contributed by atoms with Crippen molar-refractivity contribution in [2.45, 2.75) is 39.2 Å². The van der Waals surface area contributed by atoms with E-state index >= 15 is 0 Å². The van der Waals surface area contributed by atoms with Gasteiger partial charge in [-0.2, -0.15) is 0 Å². The van der Waals surface area contributed by atoms with E-state index in [2.05, 4.69) is 31.1 Å². The lowest BCUT2D eigenvalue weighted by atomic mass is 9.86. The van der Waals surface area contributed by atoms with Crippen LogP contribution in [0.5, 0.6) is 0 Å². The van der Waals surface area contributed by atoms with E-state index in [0.29, 0.717) is 5.56 Å². The van der Waals surface area contributed by atoms with Gasteiger partial charge in [0, 0.05) is 18.0 Å². The van der Waals surface area contributed by atoms with Crippen LogP contribution in [0.2, 0.25) is 0 Å². The molecule has 0 fully saturated rings. The molecule has 1 amide bonds. The summed E-state index contributed by atoms with van der Waals surface area (Å²) in [6.07, 6.45) is 3.46. The molecule has 2 aromatic rings. The van der Waals surface area contributed by atoms with E-state index in [4.69, 9.17) is 0 Å². The highest BCUT2D eigenvalue weighted by Crippen LogP contribution is 2.22. The van der Waals surface area contributed by atoms with Crippen molar-refractivity contribution in [3.05, 3.63) is 65.5 Å². The normalized spacial score (nSPS) is 12.8. The average molecular weight is 282 g/mol. The fraction of sp³-hybridized carbons (Fsp3) is 0.333. The van der Waals surface area contributed by atoms with Gasteiger partial charge in [0.1, 0.15) is 0 Å². The standard InChI is InChI=1S/C18H22N2O/c1-13(14-9-11-19-12-10-14)20-17(21)15-5-7-16(8-6-15)18(2,3)4/h5-13H,1-4H3,(H,20,21). The van der Waals surface area contributed by atoms with Crippen LogP contribution in [0.4, 0.5) is 0 Å². The number of aromatic nitrogens is 1. The molecule has 3 nitrogen and oxygen atoms in total. The molecule has 0 bridgehead atoms. The van der Waals surface area contributed by atoms with Crippen LogP contribution in [0.3, 0.4) is 0 Å². The van der Waals surface area contributed by atoms with Crippen molar-refractivity contribution in [1.82, 2.24) is 10.3 Å². The molecule has 2 rings (SSSR count). The Morgan fingerprint density at radius 3 is 2.14 bits per heavy atom. The monoisotopic (exact) mass is 282 g/mol. The fourth-order valence-electron chi connectivity index (χ4n) is 2.14. The predicted octanol–water partition coefficient (Wildman–Crippen LogP) is 3.87. The number of carbonyl (C=O) groups is 1. The maximum Gasteiger partial charge on any atom is 0.251 e. The molecule has 0 radical (unpaired) electrons. The Morgan fingerprint density at radius 2 is 1.62 bits per heavy atom. The highest BCUT2D eigenvalue weighted by Gasteiger charge is 2.15. The van der Waals surface area contributed by atoms with Crippen molar-refractivity contribution in [3.63, 3.8) is 0 Å². The first-order chi connectivity index (χ1) is 9.88. The summed E-state index contributed by atoms with van der Waals surface area (Å²) in [5, 5.41) is 3.00. The third-order valence-corrected chi connectivity index (χ3v) is 3.57. The molecule has 0 aliphatic carbocycles. The van der Waals surface area contributed by atoms with Gasteiger partial charge in [0.05, 0.1) is 6.04 Å². The summed E-state index contributed by atoms with van der Waals surface area (Å²) in [7, 11) is 0. The number of nitrogens with one attached hydrogen (secondary N) is 1. The molecule has 1 aromatic heterocycles. The number of rotatable bonds is 3. The van der Waals surface area contributed by atoms with E-state index in [-0.39, 0.29) is 17.4 Å². The van der Waals surface area contributed by atoms with E-state index < -0.39 is 0 Å². The molecule has 0 saturated carbocycles. The Labute approximate surface area is 126 Å². The molecule has 0 aliphatic heterocycles. The van der Waals surface area contributed by atoms with Crippen molar-refractivity contribution in [1.29, 1.82) is 0 Å². The molecular weight excluding hydrogens is 260 g/mol. The molecular formula is C18H22N2O. The van der Waals surface area contributed by atoms with Gasteiger partial charge in [-0.1, -0.05) is 32.9 Å². The molecule has 110 valence electrons. The Kier molecular flexibility index (Phi) is 4.41. The van der Waals surface area contributed by atoms with Gasteiger partial charge in [-0.3, -0.25) is 9.78 Å². The predicted molar refractivity (Wildman–Crippen MR) is 85.3 cm³/mol. The highest BCUT2D eigenvalue weighted by atomic mass is 16.1. The Hall–Kier alpha value is -2.16. The SMILES string of the molecule is CC(NC(=O)c1ccc(C(C)(C)C)cc1)c1ccncc1. The minimum Gasteiger partial charge on any atom is -0.346 e. The average Bonchev–Trinajstić information content (AvgIpc) is 2.47. The smallest absolute Gasteiger partial charge is 0.251 e. The molecule has 1 unspecified atom stereocenters. The summed E-state index contributed by atoms with van der Waals surface area (Å²) >= 11 is 0. The number of carbonyl (C=O) groups excluding carboxylic acids is 1. The minimum absolute atomic E-state index is 0.0391. The third kappa shape index (κ3) is 3.91. The maximum atomic E-state index is 12.3. The van der Waals surface area contributed by atoms with Crippen molar-refractivity contribution in [3.8, 4) is 0 Å². The zero-order chi connectivity index (χ0) is 15.5. The van der Waals surface area contributed by atoms with Gasteiger partial charge in [0.15, 0.2) is 0 Å². The lowest BCUT2D eigenvalue weighted by Crippen LogP contribution is -2.26. The molecule has 0 aliphatic rings. The molecule has 1 aromatic carbocycles. The maximum absolute atomic E-state index is 12.3. The van der Waals surface area contributed by atoms with Gasteiger partial charge >= 0.3 is 0 Å². The molecule has 1 atom stereocenters. The van der Waals surface area contributed by atoms with Gasteiger partial charge in [-0.05, 0) is 47.7 Å².